The minimum atomic E-state index is -0.351. The van der Waals surface area contributed by atoms with Gasteiger partial charge in [0.05, 0.1) is 23.7 Å². The van der Waals surface area contributed by atoms with E-state index in [9.17, 15) is 9.59 Å². The van der Waals surface area contributed by atoms with Crippen molar-refractivity contribution in [1.82, 2.24) is 15.0 Å². The summed E-state index contributed by atoms with van der Waals surface area (Å²) >= 11 is 0. The maximum absolute atomic E-state index is 12.5. The van der Waals surface area contributed by atoms with Gasteiger partial charge in [0, 0.05) is 18.5 Å². The average molecular weight is 418 g/mol. The van der Waals surface area contributed by atoms with Crippen LogP contribution in [0.15, 0.2) is 52.4 Å². The lowest BCUT2D eigenvalue weighted by Gasteiger charge is -2.06. The predicted octanol–water partition coefficient (Wildman–Crippen LogP) is 3.68. The van der Waals surface area contributed by atoms with Crippen LogP contribution >= 0.6 is 0 Å². The highest BCUT2D eigenvalue weighted by Gasteiger charge is 2.17. The van der Waals surface area contributed by atoms with Crippen LogP contribution in [-0.4, -0.2) is 28.3 Å². The van der Waals surface area contributed by atoms with E-state index in [-0.39, 0.29) is 11.5 Å². The molecule has 7 heteroatoms. The molecule has 0 aliphatic carbocycles. The Morgan fingerprint density at radius 3 is 2.87 bits per heavy atom. The van der Waals surface area contributed by atoms with E-state index in [2.05, 4.69) is 22.4 Å². The van der Waals surface area contributed by atoms with Gasteiger partial charge in [-0.05, 0) is 60.9 Å². The third-order valence-corrected chi connectivity index (χ3v) is 5.36. The fraction of sp³-hybridized carbons (Fsp3) is 0.333. The number of amides is 1. The molecule has 2 heterocycles. The van der Waals surface area contributed by atoms with E-state index in [4.69, 9.17) is 4.74 Å². The number of rotatable bonds is 8. The number of hydrogen-bond acceptors (Lipinski definition) is 5. The molecule has 160 valence electrons. The molecular formula is C24H26N4O3. The number of hydrazone groups is 1. The number of nitrogens with one attached hydrogen (secondary N) is 1. The molecule has 0 saturated carbocycles. The summed E-state index contributed by atoms with van der Waals surface area (Å²) in [5.74, 6) is 1.26. The number of carbonyl (C=O) groups is 1. The number of unbranched alkanes of at least 4 members (excludes halogenated alkanes) is 2. The molecule has 0 atom stereocenters. The van der Waals surface area contributed by atoms with E-state index in [1.165, 1.54) is 6.42 Å². The number of carbonyl (C=O) groups excluding carboxylic acids is 1. The minimum absolute atomic E-state index is 0.0414. The Labute approximate surface area is 180 Å². The van der Waals surface area contributed by atoms with Crippen molar-refractivity contribution >= 4 is 23.0 Å². The van der Waals surface area contributed by atoms with E-state index >= 15 is 0 Å². The quantitative estimate of drug-likeness (QED) is 0.344. The molecule has 1 aromatic heterocycles. The lowest BCUT2D eigenvalue weighted by atomic mass is 10.1. The molecule has 31 heavy (non-hydrogen) atoms. The van der Waals surface area contributed by atoms with Crippen LogP contribution in [0.1, 0.15) is 54.4 Å². The van der Waals surface area contributed by atoms with Crippen LogP contribution in [0.5, 0.6) is 5.75 Å². The summed E-state index contributed by atoms with van der Waals surface area (Å²) in [5, 5.41) is 4.57. The van der Waals surface area contributed by atoms with Crippen LogP contribution in [-0.2, 0) is 13.0 Å². The SMILES string of the molecule is CCCCCOc1ccc(/C=N\NC(=O)c2ccc3c(=O)n4c(nc3c2)CCC4)cc1. The molecule has 0 unspecified atom stereocenters. The third kappa shape index (κ3) is 4.82. The maximum Gasteiger partial charge on any atom is 0.271 e. The van der Waals surface area contributed by atoms with E-state index in [1.807, 2.05) is 24.3 Å². The number of fused-ring (bicyclic) bond motifs is 2. The van der Waals surface area contributed by atoms with Crippen LogP contribution in [0.25, 0.3) is 10.9 Å². The number of ether oxygens (including phenoxy) is 1. The van der Waals surface area contributed by atoms with Crippen molar-refractivity contribution in [2.24, 2.45) is 5.10 Å². The van der Waals surface area contributed by atoms with Gasteiger partial charge in [0.1, 0.15) is 11.6 Å². The molecule has 0 bridgehead atoms. The maximum atomic E-state index is 12.5. The molecule has 1 aliphatic heterocycles. The molecule has 0 fully saturated rings. The van der Waals surface area contributed by atoms with Gasteiger partial charge in [0.25, 0.3) is 11.5 Å². The number of nitrogens with zero attached hydrogens (tertiary/aromatic N) is 3. The lowest BCUT2D eigenvalue weighted by Crippen LogP contribution is -2.22. The zero-order valence-corrected chi connectivity index (χ0v) is 17.6. The molecule has 1 aliphatic rings. The molecule has 7 nitrogen and oxygen atoms in total. The lowest BCUT2D eigenvalue weighted by molar-refractivity contribution is 0.0955. The zero-order valence-electron chi connectivity index (χ0n) is 17.6. The molecule has 4 rings (SSSR count). The van der Waals surface area contributed by atoms with Gasteiger partial charge < -0.3 is 4.74 Å². The highest BCUT2D eigenvalue weighted by atomic mass is 16.5. The van der Waals surface area contributed by atoms with Crippen LogP contribution in [0.3, 0.4) is 0 Å². The average Bonchev–Trinajstić information content (AvgIpc) is 3.26. The summed E-state index contributed by atoms with van der Waals surface area (Å²) in [7, 11) is 0. The smallest absolute Gasteiger partial charge is 0.271 e. The highest BCUT2D eigenvalue weighted by Crippen LogP contribution is 2.16. The van der Waals surface area contributed by atoms with Crippen molar-refractivity contribution in [2.45, 2.75) is 45.6 Å². The van der Waals surface area contributed by atoms with E-state index in [1.54, 1.807) is 29.0 Å². The first-order valence-electron chi connectivity index (χ1n) is 10.8. The number of aromatic nitrogens is 2. The van der Waals surface area contributed by atoms with Gasteiger partial charge >= 0.3 is 0 Å². The predicted molar refractivity (Wildman–Crippen MR) is 121 cm³/mol. The van der Waals surface area contributed by atoms with E-state index in [0.717, 1.165) is 42.8 Å². The van der Waals surface area contributed by atoms with Gasteiger partial charge in [-0.2, -0.15) is 5.10 Å². The summed E-state index contributed by atoms with van der Waals surface area (Å²) < 4.78 is 7.41. The van der Waals surface area contributed by atoms with Gasteiger partial charge in [0.15, 0.2) is 0 Å². The van der Waals surface area contributed by atoms with E-state index in [0.29, 0.717) is 29.6 Å². The standard InChI is InChI=1S/C24H26N4O3/c1-2-3-4-14-31-19-10-7-17(8-11-19)16-25-27-23(29)18-9-12-20-21(15-18)26-22-6-5-13-28(22)24(20)30/h7-12,15-16H,2-6,13-14H2,1H3,(H,27,29)/b25-16-. The van der Waals surface area contributed by atoms with Crippen molar-refractivity contribution in [3.05, 3.63) is 69.8 Å². The molecular weight excluding hydrogens is 392 g/mol. The van der Waals surface area contributed by atoms with Gasteiger partial charge in [0.2, 0.25) is 0 Å². The van der Waals surface area contributed by atoms with Crippen molar-refractivity contribution in [3.63, 3.8) is 0 Å². The monoisotopic (exact) mass is 418 g/mol. The third-order valence-electron chi connectivity index (χ3n) is 5.36. The van der Waals surface area contributed by atoms with Crippen LogP contribution in [0.2, 0.25) is 0 Å². The van der Waals surface area contributed by atoms with Gasteiger partial charge in [-0.3, -0.25) is 14.2 Å². The Kier molecular flexibility index (Phi) is 6.40. The topological polar surface area (TPSA) is 85.6 Å². The Bertz CT molecular complexity index is 1170. The first kappa shape index (κ1) is 20.8. The zero-order chi connectivity index (χ0) is 21.6. The van der Waals surface area contributed by atoms with Gasteiger partial charge in [-0.25, -0.2) is 10.4 Å². The summed E-state index contributed by atoms with van der Waals surface area (Å²) in [4.78, 5) is 29.6. The summed E-state index contributed by atoms with van der Waals surface area (Å²) in [6, 6.07) is 12.5. The molecule has 0 radical (unpaired) electrons. The second kappa shape index (κ2) is 9.55. The minimum Gasteiger partial charge on any atom is -0.494 e. The second-order valence-corrected chi connectivity index (χ2v) is 7.64. The molecule has 0 spiro atoms. The van der Waals surface area contributed by atoms with Crippen molar-refractivity contribution in [1.29, 1.82) is 0 Å². The fourth-order valence-electron chi connectivity index (χ4n) is 3.65. The Morgan fingerprint density at radius 1 is 1.23 bits per heavy atom. The highest BCUT2D eigenvalue weighted by molar-refractivity contribution is 5.98. The van der Waals surface area contributed by atoms with Crippen LogP contribution in [0, 0.1) is 0 Å². The summed E-state index contributed by atoms with van der Waals surface area (Å²) in [5.41, 5.74) is 4.30. The first-order chi connectivity index (χ1) is 15.2. The second-order valence-electron chi connectivity index (χ2n) is 7.64. The molecule has 1 N–H and O–H groups in total. The number of aryl methyl sites for hydroxylation is 1. The number of hydrogen-bond donors (Lipinski definition) is 1. The van der Waals surface area contributed by atoms with Crippen molar-refractivity contribution in [3.8, 4) is 5.75 Å². The molecule has 3 aromatic rings. The Hall–Kier alpha value is -3.48. The van der Waals surface area contributed by atoms with Crippen LogP contribution in [0.4, 0.5) is 0 Å². The van der Waals surface area contributed by atoms with Crippen molar-refractivity contribution in [2.75, 3.05) is 6.61 Å². The van der Waals surface area contributed by atoms with Crippen LogP contribution < -0.4 is 15.7 Å². The molecule has 2 aromatic carbocycles. The van der Waals surface area contributed by atoms with E-state index < -0.39 is 0 Å². The van der Waals surface area contributed by atoms with Crippen molar-refractivity contribution < 1.29 is 9.53 Å². The summed E-state index contributed by atoms with van der Waals surface area (Å²) in [6.45, 7) is 3.59. The normalized spacial score (nSPS) is 12.9. The molecule has 1 amide bonds. The fourth-order valence-corrected chi connectivity index (χ4v) is 3.65. The van der Waals surface area contributed by atoms with Gasteiger partial charge in [-0.15, -0.1) is 0 Å². The van der Waals surface area contributed by atoms with Gasteiger partial charge in [-0.1, -0.05) is 19.8 Å². The summed E-state index contributed by atoms with van der Waals surface area (Å²) in [6.07, 6.45) is 6.67. The first-order valence-corrected chi connectivity index (χ1v) is 10.8. The molecule has 0 saturated heterocycles. The number of benzene rings is 2. The Balaban J connectivity index is 1.38. The Morgan fingerprint density at radius 2 is 2.06 bits per heavy atom. The largest absolute Gasteiger partial charge is 0.494 e.